The Labute approximate surface area is 79.3 Å². The van der Waals surface area contributed by atoms with Crippen LogP contribution in [-0.4, -0.2) is 11.1 Å². The van der Waals surface area contributed by atoms with Gasteiger partial charge in [0.2, 0.25) is 0 Å². The van der Waals surface area contributed by atoms with Crippen LogP contribution >= 0.6 is 0 Å². The number of hydrogen-bond donors (Lipinski definition) is 1. The highest BCUT2D eigenvalue weighted by Crippen LogP contribution is 2.68. The Hall–Kier alpha value is -0.530. The molecule has 2 heteroatoms. The molecule has 2 unspecified atom stereocenters. The Morgan fingerprint density at radius 3 is 2.23 bits per heavy atom. The maximum Gasteiger partial charge on any atom is 0.307 e. The van der Waals surface area contributed by atoms with Crippen LogP contribution in [0.4, 0.5) is 0 Å². The molecular weight excluding hydrogens is 164 g/mol. The summed E-state index contributed by atoms with van der Waals surface area (Å²) >= 11 is 0. The van der Waals surface area contributed by atoms with Crippen molar-refractivity contribution in [2.45, 2.75) is 40.0 Å². The molecule has 13 heavy (non-hydrogen) atoms. The molecule has 0 aliphatic heterocycles. The molecule has 0 amide bonds. The van der Waals surface area contributed by atoms with Gasteiger partial charge in [0.1, 0.15) is 0 Å². The Bertz CT molecular complexity index is 257. The van der Waals surface area contributed by atoms with Crippen LogP contribution in [0.15, 0.2) is 0 Å². The summed E-state index contributed by atoms with van der Waals surface area (Å²) in [5, 5.41) is 9.13. The van der Waals surface area contributed by atoms with Crippen LogP contribution in [0.1, 0.15) is 40.0 Å². The summed E-state index contributed by atoms with van der Waals surface area (Å²) in [5.74, 6) is -0.0439. The normalized spacial score (nSPS) is 46.7. The quantitative estimate of drug-likeness (QED) is 0.676. The molecule has 2 nitrogen and oxygen atoms in total. The zero-order valence-corrected chi connectivity index (χ0v) is 8.63. The monoisotopic (exact) mass is 182 g/mol. The van der Waals surface area contributed by atoms with Gasteiger partial charge in [0.05, 0.1) is 5.92 Å². The number of hydrogen-bond acceptors (Lipinski definition) is 1. The van der Waals surface area contributed by atoms with E-state index in [-0.39, 0.29) is 16.7 Å². The maximum absolute atomic E-state index is 11.1. The van der Waals surface area contributed by atoms with Crippen molar-refractivity contribution in [3.63, 3.8) is 0 Å². The second-order valence-corrected chi connectivity index (χ2v) is 5.50. The number of carboxylic acid groups (broad SMARTS) is 1. The molecular formula is C11H18O2. The average molecular weight is 182 g/mol. The fraction of sp³-hybridized carbons (Fsp3) is 0.909. The van der Waals surface area contributed by atoms with E-state index < -0.39 is 5.97 Å². The molecule has 2 bridgehead atoms. The first-order valence-corrected chi connectivity index (χ1v) is 5.12. The van der Waals surface area contributed by atoms with Crippen molar-refractivity contribution < 1.29 is 9.90 Å². The van der Waals surface area contributed by atoms with E-state index in [1.807, 2.05) is 0 Å². The van der Waals surface area contributed by atoms with Gasteiger partial charge in [-0.3, -0.25) is 4.79 Å². The van der Waals surface area contributed by atoms with Crippen molar-refractivity contribution in [2.75, 3.05) is 0 Å². The van der Waals surface area contributed by atoms with Crippen LogP contribution in [0.2, 0.25) is 0 Å². The minimum absolute atomic E-state index is 0.0451. The van der Waals surface area contributed by atoms with Gasteiger partial charge in [-0.25, -0.2) is 0 Å². The van der Waals surface area contributed by atoms with E-state index in [1.165, 1.54) is 6.42 Å². The highest BCUT2D eigenvalue weighted by Gasteiger charge is 2.63. The van der Waals surface area contributed by atoms with E-state index in [2.05, 4.69) is 20.8 Å². The van der Waals surface area contributed by atoms with Gasteiger partial charge in [0, 0.05) is 0 Å². The molecule has 3 atom stereocenters. The first-order chi connectivity index (χ1) is 5.89. The molecule has 0 spiro atoms. The largest absolute Gasteiger partial charge is 0.481 e. The molecule has 1 N–H and O–H groups in total. The van der Waals surface area contributed by atoms with E-state index in [1.54, 1.807) is 0 Å². The molecule has 0 aromatic carbocycles. The van der Waals surface area contributed by atoms with Gasteiger partial charge in [0.15, 0.2) is 0 Å². The molecule has 2 aliphatic rings. The maximum atomic E-state index is 11.1. The van der Waals surface area contributed by atoms with Gasteiger partial charge in [-0.2, -0.15) is 0 Å². The lowest BCUT2D eigenvalue weighted by atomic mass is 9.67. The lowest BCUT2D eigenvalue weighted by molar-refractivity contribution is -0.147. The van der Waals surface area contributed by atoms with Gasteiger partial charge in [-0.15, -0.1) is 0 Å². The lowest BCUT2D eigenvalue weighted by Crippen LogP contribution is -2.36. The van der Waals surface area contributed by atoms with E-state index in [0.717, 1.165) is 12.8 Å². The standard InChI is InChI=1S/C11H18O2/c1-10(2)7-4-5-11(10,3)8(6-7)9(12)13/h7-8H,4-6H2,1-3H3,(H,12,13)/t7?,8?,11-/m1/s1. The highest BCUT2D eigenvalue weighted by molar-refractivity contribution is 5.72. The van der Waals surface area contributed by atoms with Gasteiger partial charge in [-0.05, 0) is 36.0 Å². The van der Waals surface area contributed by atoms with Gasteiger partial charge >= 0.3 is 5.97 Å². The molecule has 0 saturated heterocycles. The molecule has 0 aromatic rings. The fourth-order valence-corrected chi connectivity index (χ4v) is 3.58. The van der Waals surface area contributed by atoms with E-state index in [0.29, 0.717) is 5.92 Å². The second-order valence-electron chi connectivity index (χ2n) is 5.50. The summed E-state index contributed by atoms with van der Waals surface area (Å²) in [6.07, 6.45) is 3.23. The SMILES string of the molecule is CC1(C)C2CC[C@]1(C)C(C(=O)O)C2. The molecule has 0 heterocycles. The molecule has 2 saturated carbocycles. The molecule has 2 fully saturated rings. The summed E-state index contributed by atoms with van der Waals surface area (Å²) in [6.45, 7) is 6.65. The molecule has 2 aliphatic carbocycles. The molecule has 74 valence electrons. The van der Waals surface area contributed by atoms with Crippen molar-refractivity contribution in [3.8, 4) is 0 Å². The number of carbonyl (C=O) groups is 1. The molecule has 0 radical (unpaired) electrons. The van der Waals surface area contributed by atoms with Crippen LogP contribution in [0.5, 0.6) is 0 Å². The Morgan fingerprint density at radius 1 is 1.38 bits per heavy atom. The summed E-state index contributed by atoms with van der Waals surface area (Å²) in [7, 11) is 0. The van der Waals surface area contributed by atoms with Crippen molar-refractivity contribution >= 4 is 5.97 Å². The Balaban J connectivity index is 2.38. The predicted molar refractivity (Wildman–Crippen MR) is 50.4 cm³/mol. The third kappa shape index (κ3) is 0.866. The van der Waals surface area contributed by atoms with Crippen LogP contribution in [0.3, 0.4) is 0 Å². The summed E-state index contributed by atoms with van der Waals surface area (Å²) in [5.41, 5.74) is 0.277. The third-order valence-corrected chi connectivity index (χ3v) is 5.09. The summed E-state index contributed by atoms with van der Waals surface area (Å²) in [4.78, 5) is 11.1. The zero-order valence-electron chi connectivity index (χ0n) is 8.63. The lowest BCUT2D eigenvalue weighted by Gasteiger charge is -2.37. The molecule has 2 rings (SSSR count). The van der Waals surface area contributed by atoms with Crippen LogP contribution in [0, 0.1) is 22.7 Å². The predicted octanol–water partition coefficient (Wildman–Crippen LogP) is 2.53. The minimum Gasteiger partial charge on any atom is -0.481 e. The first kappa shape index (κ1) is 9.04. The summed E-state index contributed by atoms with van der Waals surface area (Å²) in [6, 6.07) is 0. The Kier molecular flexibility index (Phi) is 1.59. The number of aliphatic carboxylic acids is 1. The van der Waals surface area contributed by atoms with Crippen LogP contribution < -0.4 is 0 Å². The minimum atomic E-state index is -0.585. The highest BCUT2D eigenvalue weighted by atomic mass is 16.4. The Morgan fingerprint density at radius 2 is 2.00 bits per heavy atom. The van der Waals surface area contributed by atoms with Gasteiger partial charge < -0.3 is 5.11 Å². The smallest absolute Gasteiger partial charge is 0.307 e. The second kappa shape index (κ2) is 2.28. The van der Waals surface area contributed by atoms with Crippen molar-refractivity contribution in [1.82, 2.24) is 0 Å². The van der Waals surface area contributed by atoms with E-state index in [9.17, 15) is 4.79 Å². The first-order valence-electron chi connectivity index (χ1n) is 5.12. The summed E-state index contributed by atoms with van der Waals surface area (Å²) < 4.78 is 0. The zero-order chi connectivity index (χ0) is 9.85. The number of fused-ring (bicyclic) bond motifs is 2. The topological polar surface area (TPSA) is 37.3 Å². The average Bonchev–Trinajstić information content (AvgIpc) is 2.34. The number of rotatable bonds is 1. The van der Waals surface area contributed by atoms with Crippen LogP contribution in [-0.2, 0) is 4.79 Å². The van der Waals surface area contributed by atoms with Crippen molar-refractivity contribution in [1.29, 1.82) is 0 Å². The van der Waals surface area contributed by atoms with Crippen molar-refractivity contribution in [2.24, 2.45) is 22.7 Å². The third-order valence-electron chi connectivity index (χ3n) is 5.09. The number of carboxylic acids is 1. The van der Waals surface area contributed by atoms with E-state index >= 15 is 0 Å². The van der Waals surface area contributed by atoms with Crippen LogP contribution in [0.25, 0.3) is 0 Å². The van der Waals surface area contributed by atoms with Crippen molar-refractivity contribution in [3.05, 3.63) is 0 Å². The van der Waals surface area contributed by atoms with Gasteiger partial charge in [0.25, 0.3) is 0 Å². The van der Waals surface area contributed by atoms with Gasteiger partial charge in [-0.1, -0.05) is 20.8 Å². The molecule has 0 aromatic heterocycles. The van der Waals surface area contributed by atoms with E-state index in [4.69, 9.17) is 5.11 Å². The fourth-order valence-electron chi connectivity index (χ4n) is 3.58.